The van der Waals surface area contributed by atoms with Crippen LogP contribution in [0.15, 0.2) is 22.7 Å². The van der Waals surface area contributed by atoms with Crippen LogP contribution in [0.2, 0.25) is 0 Å². The van der Waals surface area contributed by atoms with E-state index < -0.39 is 0 Å². The molecule has 2 nitrogen and oxygen atoms in total. The van der Waals surface area contributed by atoms with Gasteiger partial charge in [-0.05, 0) is 47.0 Å². The minimum atomic E-state index is -0.369. The van der Waals surface area contributed by atoms with Crippen LogP contribution in [0.25, 0.3) is 0 Å². The van der Waals surface area contributed by atoms with Gasteiger partial charge in [0, 0.05) is 23.4 Å². The highest BCUT2D eigenvalue weighted by Crippen LogP contribution is 2.36. The van der Waals surface area contributed by atoms with Crippen molar-refractivity contribution in [3.05, 3.63) is 34.1 Å². The largest absolute Gasteiger partial charge is 0.351 e. The molecule has 5 heteroatoms. The maximum atomic E-state index is 13.2. The van der Waals surface area contributed by atoms with Crippen molar-refractivity contribution in [3.63, 3.8) is 0 Å². The van der Waals surface area contributed by atoms with Crippen molar-refractivity contribution in [2.24, 2.45) is 5.41 Å². The molecule has 0 aliphatic heterocycles. The number of benzene rings is 1. The van der Waals surface area contributed by atoms with E-state index in [1.165, 1.54) is 37.5 Å². The second-order valence-corrected chi connectivity index (χ2v) is 6.63. The van der Waals surface area contributed by atoms with E-state index in [0.717, 1.165) is 12.8 Å². The molecule has 2 rings (SSSR count). The van der Waals surface area contributed by atoms with E-state index in [1.807, 2.05) is 0 Å². The summed E-state index contributed by atoms with van der Waals surface area (Å²) in [4.78, 5) is 12.1. The molecule has 1 aromatic carbocycles. The van der Waals surface area contributed by atoms with E-state index in [2.05, 4.69) is 21.2 Å². The SMILES string of the molecule is O=C(NCC1(CCl)CCCCC1)c1ccc(F)c(Br)c1. The zero-order valence-corrected chi connectivity index (χ0v) is 13.6. The van der Waals surface area contributed by atoms with Gasteiger partial charge in [-0.15, -0.1) is 11.6 Å². The molecular formula is C15H18BrClFNO. The number of rotatable bonds is 4. The number of alkyl halides is 1. The predicted molar refractivity (Wildman–Crippen MR) is 82.7 cm³/mol. The summed E-state index contributed by atoms with van der Waals surface area (Å²) < 4.78 is 13.5. The Labute approximate surface area is 132 Å². The molecule has 0 aromatic heterocycles. The van der Waals surface area contributed by atoms with Gasteiger partial charge in [-0.25, -0.2) is 4.39 Å². The van der Waals surface area contributed by atoms with Gasteiger partial charge in [0.25, 0.3) is 5.91 Å². The Kier molecular flexibility index (Phi) is 5.44. The monoisotopic (exact) mass is 361 g/mol. The third-order valence-electron chi connectivity index (χ3n) is 4.00. The Balaban J connectivity index is 1.98. The molecule has 1 aliphatic carbocycles. The number of halogens is 3. The molecule has 1 aromatic rings. The van der Waals surface area contributed by atoms with Gasteiger partial charge >= 0.3 is 0 Å². The maximum absolute atomic E-state index is 13.2. The summed E-state index contributed by atoms with van der Waals surface area (Å²) in [5, 5.41) is 2.94. The first-order valence-corrected chi connectivity index (χ1v) is 8.18. The van der Waals surface area contributed by atoms with Crippen molar-refractivity contribution >= 4 is 33.4 Å². The van der Waals surface area contributed by atoms with Crippen molar-refractivity contribution < 1.29 is 9.18 Å². The molecule has 110 valence electrons. The fourth-order valence-electron chi connectivity index (χ4n) is 2.67. The Bertz CT molecular complexity index is 489. The third kappa shape index (κ3) is 3.73. The molecule has 0 saturated heterocycles. The van der Waals surface area contributed by atoms with Crippen molar-refractivity contribution in [2.45, 2.75) is 32.1 Å². The highest BCUT2D eigenvalue weighted by molar-refractivity contribution is 9.10. The fraction of sp³-hybridized carbons (Fsp3) is 0.533. The average Bonchev–Trinajstić information content (AvgIpc) is 2.48. The molecule has 1 fully saturated rings. The minimum Gasteiger partial charge on any atom is -0.351 e. The number of carbonyl (C=O) groups excluding carboxylic acids is 1. The zero-order chi connectivity index (χ0) is 14.6. The maximum Gasteiger partial charge on any atom is 0.251 e. The van der Waals surface area contributed by atoms with Gasteiger partial charge < -0.3 is 5.32 Å². The van der Waals surface area contributed by atoms with Crippen LogP contribution in [0.5, 0.6) is 0 Å². The molecule has 0 spiro atoms. The van der Waals surface area contributed by atoms with Gasteiger partial charge in [-0.3, -0.25) is 4.79 Å². The van der Waals surface area contributed by atoms with Gasteiger partial charge in [-0.2, -0.15) is 0 Å². The number of nitrogens with one attached hydrogen (secondary N) is 1. The van der Waals surface area contributed by atoms with Crippen LogP contribution in [-0.2, 0) is 0 Å². The topological polar surface area (TPSA) is 29.1 Å². The first-order valence-electron chi connectivity index (χ1n) is 6.86. The van der Waals surface area contributed by atoms with E-state index in [0.29, 0.717) is 22.5 Å². The lowest BCUT2D eigenvalue weighted by Gasteiger charge is -2.35. The number of hydrogen-bond acceptors (Lipinski definition) is 1. The molecule has 0 unspecified atom stereocenters. The summed E-state index contributed by atoms with van der Waals surface area (Å²) in [7, 11) is 0. The van der Waals surface area contributed by atoms with Crippen molar-refractivity contribution in [1.82, 2.24) is 5.32 Å². The molecule has 20 heavy (non-hydrogen) atoms. The molecule has 1 saturated carbocycles. The summed E-state index contributed by atoms with van der Waals surface area (Å²) in [6.45, 7) is 0.588. The van der Waals surface area contributed by atoms with Crippen LogP contribution in [-0.4, -0.2) is 18.3 Å². The van der Waals surface area contributed by atoms with Gasteiger partial charge in [0.2, 0.25) is 0 Å². The molecule has 1 aliphatic rings. The molecule has 0 atom stereocenters. The quantitative estimate of drug-likeness (QED) is 0.785. The van der Waals surface area contributed by atoms with Crippen LogP contribution in [0.1, 0.15) is 42.5 Å². The Morgan fingerprint density at radius 3 is 2.65 bits per heavy atom. The lowest BCUT2D eigenvalue weighted by molar-refractivity contribution is 0.0921. The fourth-order valence-corrected chi connectivity index (χ4v) is 3.41. The average molecular weight is 363 g/mol. The Hall–Kier alpha value is -0.610. The van der Waals surface area contributed by atoms with Gasteiger partial charge in [0.1, 0.15) is 5.82 Å². The summed E-state index contributed by atoms with van der Waals surface area (Å²) in [6.07, 6.45) is 5.71. The van der Waals surface area contributed by atoms with Gasteiger partial charge in [0.15, 0.2) is 0 Å². The second-order valence-electron chi connectivity index (χ2n) is 5.51. The van der Waals surface area contributed by atoms with E-state index in [-0.39, 0.29) is 17.1 Å². The summed E-state index contributed by atoms with van der Waals surface area (Å²) in [6, 6.07) is 4.28. The van der Waals surface area contributed by atoms with E-state index in [1.54, 1.807) is 0 Å². The van der Waals surface area contributed by atoms with E-state index in [9.17, 15) is 9.18 Å². The van der Waals surface area contributed by atoms with Crippen LogP contribution in [0, 0.1) is 11.2 Å². The predicted octanol–water partition coefficient (Wildman–Crippen LogP) is 4.51. The van der Waals surface area contributed by atoms with Crippen LogP contribution in [0.3, 0.4) is 0 Å². The summed E-state index contributed by atoms with van der Waals surface area (Å²) >= 11 is 9.19. The number of hydrogen-bond donors (Lipinski definition) is 1. The van der Waals surface area contributed by atoms with Gasteiger partial charge in [0.05, 0.1) is 4.47 Å². The molecule has 1 amide bonds. The standard InChI is InChI=1S/C15H18BrClFNO/c16-12-8-11(4-5-13(12)18)14(20)19-10-15(9-17)6-2-1-3-7-15/h4-5,8H,1-3,6-7,9-10H2,(H,19,20). The van der Waals surface area contributed by atoms with E-state index >= 15 is 0 Å². The third-order valence-corrected chi connectivity index (χ3v) is 5.18. The smallest absolute Gasteiger partial charge is 0.251 e. The van der Waals surface area contributed by atoms with Gasteiger partial charge in [-0.1, -0.05) is 19.3 Å². The lowest BCUT2D eigenvalue weighted by atomic mass is 9.75. The van der Waals surface area contributed by atoms with E-state index in [4.69, 9.17) is 11.6 Å². The highest BCUT2D eigenvalue weighted by Gasteiger charge is 2.31. The molecule has 0 heterocycles. The van der Waals surface area contributed by atoms with Crippen molar-refractivity contribution in [1.29, 1.82) is 0 Å². The molecule has 0 radical (unpaired) electrons. The van der Waals surface area contributed by atoms with Crippen LogP contribution in [0.4, 0.5) is 4.39 Å². The number of carbonyl (C=O) groups is 1. The molecular weight excluding hydrogens is 345 g/mol. The zero-order valence-electron chi connectivity index (χ0n) is 11.2. The number of amides is 1. The summed E-state index contributed by atoms with van der Waals surface area (Å²) in [5.74, 6) is 0.0206. The lowest BCUT2D eigenvalue weighted by Crippen LogP contribution is -2.40. The minimum absolute atomic E-state index is 0.0206. The first kappa shape index (κ1) is 15.8. The first-order chi connectivity index (χ1) is 9.56. The second kappa shape index (κ2) is 6.90. The summed E-state index contributed by atoms with van der Waals surface area (Å²) in [5.41, 5.74) is 0.478. The Morgan fingerprint density at radius 1 is 1.35 bits per heavy atom. The van der Waals surface area contributed by atoms with Crippen molar-refractivity contribution in [2.75, 3.05) is 12.4 Å². The van der Waals surface area contributed by atoms with Crippen molar-refractivity contribution in [3.8, 4) is 0 Å². The highest BCUT2D eigenvalue weighted by atomic mass is 79.9. The van der Waals surface area contributed by atoms with Crippen LogP contribution >= 0.6 is 27.5 Å². The molecule has 1 N–H and O–H groups in total. The molecule has 0 bridgehead atoms. The van der Waals surface area contributed by atoms with Crippen LogP contribution < -0.4 is 5.32 Å². The Morgan fingerprint density at radius 2 is 2.05 bits per heavy atom. The normalized spacial score (nSPS) is 17.8.